The molecule has 6 heteroatoms. The van der Waals surface area contributed by atoms with E-state index in [0.717, 1.165) is 40.2 Å². The zero-order valence-electron chi connectivity index (χ0n) is 14.2. The van der Waals surface area contributed by atoms with E-state index in [1.54, 1.807) is 11.3 Å². The van der Waals surface area contributed by atoms with Crippen LogP contribution >= 0.6 is 11.3 Å². The van der Waals surface area contributed by atoms with Crippen LogP contribution in [0.2, 0.25) is 0 Å². The van der Waals surface area contributed by atoms with Crippen molar-refractivity contribution in [3.8, 4) is 11.4 Å². The van der Waals surface area contributed by atoms with Crippen molar-refractivity contribution in [2.45, 2.75) is 19.9 Å². The molecule has 0 atom stereocenters. The lowest BCUT2D eigenvalue weighted by Crippen LogP contribution is -2.05. The van der Waals surface area contributed by atoms with Crippen molar-refractivity contribution in [1.29, 1.82) is 0 Å². The van der Waals surface area contributed by atoms with Crippen LogP contribution in [0.3, 0.4) is 0 Å². The monoisotopic (exact) mass is 349 g/mol. The number of hydrogen-bond donors (Lipinski definition) is 1. The summed E-state index contributed by atoms with van der Waals surface area (Å²) in [5, 5.41) is 13.2. The fourth-order valence-electron chi connectivity index (χ4n) is 2.94. The quantitative estimate of drug-likeness (QED) is 0.585. The van der Waals surface area contributed by atoms with Crippen LogP contribution in [-0.4, -0.2) is 19.7 Å². The normalized spacial score (nSPS) is 11.1. The highest BCUT2D eigenvalue weighted by atomic mass is 32.1. The third kappa shape index (κ3) is 3.13. The number of nitrogens with zero attached hydrogens (tertiary/aromatic N) is 4. The molecule has 0 radical (unpaired) electrons. The maximum absolute atomic E-state index is 4.78. The van der Waals surface area contributed by atoms with Crippen LogP contribution < -0.4 is 5.32 Å². The molecular formula is C19H19N5S. The van der Waals surface area contributed by atoms with Crippen molar-refractivity contribution in [1.82, 2.24) is 19.7 Å². The lowest BCUT2D eigenvalue weighted by atomic mass is 10.2. The highest BCUT2D eigenvalue weighted by Gasteiger charge is 2.11. The molecule has 0 saturated carbocycles. The summed E-state index contributed by atoms with van der Waals surface area (Å²) in [4.78, 5) is 9.49. The van der Waals surface area contributed by atoms with Crippen LogP contribution in [0, 0.1) is 0 Å². The van der Waals surface area contributed by atoms with Gasteiger partial charge >= 0.3 is 0 Å². The van der Waals surface area contributed by atoms with Crippen molar-refractivity contribution in [3.05, 3.63) is 58.5 Å². The second-order valence-corrected chi connectivity index (χ2v) is 6.69. The summed E-state index contributed by atoms with van der Waals surface area (Å²) >= 11 is 1.65. The molecule has 1 aromatic carbocycles. The van der Waals surface area contributed by atoms with Crippen molar-refractivity contribution >= 4 is 28.1 Å². The van der Waals surface area contributed by atoms with Gasteiger partial charge in [-0.3, -0.25) is 4.68 Å². The third-order valence-corrected chi connectivity index (χ3v) is 4.84. The number of hydrogen-bond acceptors (Lipinski definition) is 5. The smallest absolute Gasteiger partial charge is 0.162 e. The SMILES string of the molecule is CCc1nn(C)cc1CNc1nc(-c2ccsc2)nc2ccccc12. The van der Waals surface area contributed by atoms with Crippen molar-refractivity contribution in [2.75, 3.05) is 5.32 Å². The number of anilines is 1. The minimum Gasteiger partial charge on any atom is -0.365 e. The van der Waals surface area contributed by atoms with Crippen LogP contribution in [0.25, 0.3) is 22.3 Å². The Morgan fingerprint density at radius 3 is 2.84 bits per heavy atom. The van der Waals surface area contributed by atoms with Crippen LogP contribution in [0.1, 0.15) is 18.2 Å². The summed E-state index contributed by atoms with van der Waals surface area (Å²) in [5.74, 6) is 1.61. The summed E-state index contributed by atoms with van der Waals surface area (Å²) in [6, 6.07) is 10.2. The number of para-hydroxylation sites is 1. The van der Waals surface area contributed by atoms with Gasteiger partial charge in [0.15, 0.2) is 5.82 Å². The van der Waals surface area contributed by atoms with E-state index in [9.17, 15) is 0 Å². The first-order chi connectivity index (χ1) is 12.2. The molecule has 4 aromatic rings. The molecule has 0 bridgehead atoms. The minimum absolute atomic E-state index is 0.696. The van der Waals surface area contributed by atoms with Crippen LogP contribution in [0.4, 0.5) is 5.82 Å². The third-order valence-electron chi connectivity index (χ3n) is 4.16. The lowest BCUT2D eigenvalue weighted by molar-refractivity contribution is 0.746. The first-order valence-electron chi connectivity index (χ1n) is 8.29. The molecule has 4 rings (SSSR count). The molecule has 0 aliphatic heterocycles. The van der Waals surface area contributed by atoms with E-state index in [0.29, 0.717) is 6.54 Å². The molecule has 126 valence electrons. The Morgan fingerprint density at radius 2 is 2.04 bits per heavy atom. The van der Waals surface area contributed by atoms with E-state index < -0.39 is 0 Å². The largest absolute Gasteiger partial charge is 0.365 e. The molecule has 0 unspecified atom stereocenters. The number of fused-ring (bicyclic) bond motifs is 1. The van der Waals surface area contributed by atoms with Gasteiger partial charge in [-0.2, -0.15) is 16.4 Å². The minimum atomic E-state index is 0.696. The molecule has 0 spiro atoms. The van der Waals surface area contributed by atoms with Gasteiger partial charge in [0.25, 0.3) is 0 Å². The Morgan fingerprint density at radius 1 is 1.16 bits per heavy atom. The van der Waals surface area contributed by atoms with Gasteiger partial charge in [-0.15, -0.1) is 0 Å². The average Bonchev–Trinajstić information content (AvgIpc) is 3.28. The average molecular weight is 349 g/mol. The van der Waals surface area contributed by atoms with Gasteiger partial charge in [-0.05, 0) is 30.0 Å². The standard InChI is InChI=1S/C19H19N5S/c1-3-16-14(11-24(2)23-16)10-20-19-15-6-4-5-7-17(15)21-18(22-19)13-8-9-25-12-13/h4-9,11-12H,3,10H2,1-2H3,(H,20,21,22). The van der Waals surface area contributed by atoms with Crippen LogP contribution in [0.5, 0.6) is 0 Å². The maximum Gasteiger partial charge on any atom is 0.162 e. The number of thiophene rings is 1. The molecule has 0 saturated heterocycles. The Labute approximate surface area is 150 Å². The lowest BCUT2D eigenvalue weighted by Gasteiger charge is -2.10. The Balaban J connectivity index is 1.72. The zero-order valence-corrected chi connectivity index (χ0v) is 15.0. The molecule has 3 aromatic heterocycles. The topological polar surface area (TPSA) is 55.6 Å². The van der Waals surface area contributed by atoms with E-state index in [2.05, 4.69) is 41.0 Å². The maximum atomic E-state index is 4.78. The summed E-state index contributed by atoms with van der Waals surface area (Å²) in [5.41, 5.74) is 4.31. The fraction of sp³-hybridized carbons (Fsp3) is 0.211. The molecule has 1 N–H and O–H groups in total. The van der Waals surface area contributed by atoms with Gasteiger partial charge in [-0.25, -0.2) is 9.97 Å². The number of aromatic nitrogens is 4. The van der Waals surface area contributed by atoms with Gasteiger partial charge in [-0.1, -0.05) is 19.1 Å². The number of rotatable bonds is 5. The molecule has 0 aliphatic rings. The number of nitrogens with one attached hydrogen (secondary N) is 1. The molecule has 5 nitrogen and oxygen atoms in total. The second kappa shape index (κ2) is 6.64. The Bertz CT molecular complexity index is 1000. The van der Waals surface area contributed by atoms with Gasteiger partial charge in [0.05, 0.1) is 11.2 Å². The van der Waals surface area contributed by atoms with E-state index >= 15 is 0 Å². The predicted molar refractivity (Wildman–Crippen MR) is 103 cm³/mol. The zero-order chi connectivity index (χ0) is 17.2. The van der Waals surface area contributed by atoms with Crippen LogP contribution in [0.15, 0.2) is 47.3 Å². The predicted octanol–water partition coefficient (Wildman–Crippen LogP) is 4.27. The highest BCUT2D eigenvalue weighted by molar-refractivity contribution is 7.08. The van der Waals surface area contributed by atoms with Gasteiger partial charge in [0, 0.05) is 41.7 Å². The van der Waals surface area contributed by atoms with E-state index in [-0.39, 0.29) is 0 Å². The van der Waals surface area contributed by atoms with Gasteiger partial charge in [0.1, 0.15) is 5.82 Å². The van der Waals surface area contributed by atoms with Gasteiger partial charge < -0.3 is 5.32 Å². The van der Waals surface area contributed by atoms with E-state index in [4.69, 9.17) is 9.97 Å². The number of benzene rings is 1. The summed E-state index contributed by atoms with van der Waals surface area (Å²) in [6.07, 6.45) is 2.98. The first-order valence-corrected chi connectivity index (χ1v) is 9.23. The summed E-state index contributed by atoms with van der Waals surface area (Å²) in [6.45, 7) is 2.82. The van der Waals surface area contributed by atoms with Crippen molar-refractivity contribution in [3.63, 3.8) is 0 Å². The van der Waals surface area contributed by atoms with E-state index in [1.165, 1.54) is 5.56 Å². The molecule has 0 aliphatic carbocycles. The fourth-order valence-corrected chi connectivity index (χ4v) is 3.57. The summed E-state index contributed by atoms with van der Waals surface area (Å²) in [7, 11) is 1.96. The van der Waals surface area contributed by atoms with Crippen molar-refractivity contribution in [2.24, 2.45) is 7.05 Å². The van der Waals surface area contributed by atoms with E-state index in [1.807, 2.05) is 35.3 Å². The molecule has 0 amide bonds. The second-order valence-electron chi connectivity index (χ2n) is 5.91. The highest BCUT2D eigenvalue weighted by Crippen LogP contribution is 2.26. The molecular weight excluding hydrogens is 330 g/mol. The first kappa shape index (κ1) is 15.8. The van der Waals surface area contributed by atoms with Crippen molar-refractivity contribution < 1.29 is 0 Å². The van der Waals surface area contributed by atoms with Gasteiger partial charge in [0.2, 0.25) is 0 Å². The number of aryl methyl sites for hydroxylation is 2. The Kier molecular flexibility index (Phi) is 4.19. The molecule has 0 fully saturated rings. The summed E-state index contributed by atoms with van der Waals surface area (Å²) < 4.78 is 1.87. The Hall–Kier alpha value is -2.73. The molecule has 3 heterocycles. The van der Waals surface area contributed by atoms with Crippen LogP contribution in [-0.2, 0) is 20.0 Å². The molecule has 25 heavy (non-hydrogen) atoms.